The van der Waals surface area contributed by atoms with Gasteiger partial charge >= 0.3 is 5.97 Å². The van der Waals surface area contributed by atoms with E-state index < -0.39 is 0 Å². The van der Waals surface area contributed by atoms with Gasteiger partial charge < -0.3 is 24.8 Å². The molecule has 0 unspecified atom stereocenters. The number of anilines is 2. The molecule has 3 rings (SSSR count). The molecule has 7 nitrogen and oxygen atoms in total. The van der Waals surface area contributed by atoms with Crippen LogP contribution in [0.25, 0.3) is 0 Å². The van der Waals surface area contributed by atoms with E-state index in [0.717, 1.165) is 17.9 Å². The maximum Gasteiger partial charge on any atom is 0.338 e. The molecule has 0 fully saturated rings. The number of hydrogen-bond donors (Lipinski definition) is 2. The minimum atomic E-state index is -0.355. The average molecular weight is 449 g/mol. The van der Waals surface area contributed by atoms with E-state index in [1.165, 1.54) is 0 Å². The summed E-state index contributed by atoms with van der Waals surface area (Å²) < 4.78 is 16.5. The van der Waals surface area contributed by atoms with Gasteiger partial charge in [-0.2, -0.15) is 0 Å². The van der Waals surface area contributed by atoms with Gasteiger partial charge in [-0.1, -0.05) is 37.3 Å². The quantitative estimate of drug-likeness (QED) is 0.307. The summed E-state index contributed by atoms with van der Waals surface area (Å²) in [6.07, 6.45) is 0.774. The lowest BCUT2D eigenvalue weighted by molar-refractivity contribution is -0.114. The molecule has 3 aromatic rings. The molecule has 172 valence electrons. The highest BCUT2D eigenvalue weighted by Gasteiger charge is 2.09. The molecular weight excluding hydrogens is 420 g/mol. The van der Waals surface area contributed by atoms with Crippen LogP contribution in [0.3, 0.4) is 0 Å². The summed E-state index contributed by atoms with van der Waals surface area (Å²) in [5, 5.41) is 5.89. The van der Waals surface area contributed by atoms with Crippen LogP contribution >= 0.6 is 0 Å². The van der Waals surface area contributed by atoms with Gasteiger partial charge in [-0.15, -0.1) is 0 Å². The Morgan fingerprint density at radius 1 is 0.788 bits per heavy atom. The SMILES string of the molecule is CCCOC(=O)c1ccc(NCC(=O)Nc2ccccc2OCCOc2ccccc2)cc1. The first kappa shape index (κ1) is 23.7. The molecule has 0 radical (unpaired) electrons. The van der Waals surface area contributed by atoms with Crippen molar-refractivity contribution < 1.29 is 23.8 Å². The third-order valence-electron chi connectivity index (χ3n) is 4.52. The Balaban J connectivity index is 1.45. The number of nitrogens with one attached hydrogen (secondary N) is 2. The Morgan fingerprint density at radius 3 is 2.24 bits per heavy atom. The number of ether oxygens (including phenoxy) is 3. The fourth-order valence-electron chi connectivity index (χ4n) is 2.90. The van der Waals surface area contributed by atoms with Crippen molar-refractivity contribution in [2.75, 3.05) is 37.0 Å². The largest absolute Gasteiger partial charge is 0.490 e. The van der Waals surface area contributed by atoms with Gasteiger partial charge in [0.1, 0.15) is 24.7 Å². The zero-order chi connectivity index (χ0) is 23.3. The first-order valence-electron chi connectivity index (χ1n) is 10.9. The molecule has 0 atom stereocenters. The number of carbonyl (C=O) groups excluding carboxylic acids is 2. The van der Waals surface area contributed by atoms with E-state index in [-0.39, 0.29) is 18.4 Å². The molecule has 0 aliphatic rings. The van der Waals surface area contributed by atoms with Crippen LogP contribution in [0.2, 0.25) is 0 Å². The van der Waals surface area contributed by atoms with Gasteiger partial charge in [0.15, 0.2) is 0 Å². The highest BCUT2D eigenvalue weighted by atomic mass is 16.5. The lowest BCUT2D eigenvalue weighted by Crippen LogP contribution is -2.22. The Bertz CT molecular complexity index is 1020. The monoisotopic (exact) mass is 448 g/mol. The van der Waals surface area contributed by atoms with Crippen LogP contribution in [0.4, 0.5) is 11.4 Å². The predicted molar refractivity (Wildman–Crippen MR) is 128 cm³/mol. The van der Waals surface area contributed by atoms with Gasteiger partial charge in [-0.3, -0.25) is 4.79 Å². The summed E-state index contributed by atoms with van der Waals surface area (Å²) in [6.45, 7) is 3.12. The van der Waals surface area contributed by atoms with E-state index in [1.807, 2.05) is 49.4 Å². The summed E-state index contributed by atoms with van der Waals surface area (Å²) in [7, 11) is 0. The smallest absolute Gasteiger partial charge is 0.338 e. The van der Waals surface area contributed by atoms with E-state index in [2.05, 4.69) is 10.6 Å². The molecule has 0 heterocycles. The summed E-state index contributed by atoms with van der Waals surface area (Å²) >= 11 is 0. The number of carbonyl (C=O) groups is 2. The predicted octanol–water partition coefficient (Wildman–Crippen LogP) is 4.76. The Morgan fingerprint density at radius 2 is 1.48 bits per heavy atom. The first-order valence-corrected chi connectivity index (χ1v) is 10.9. The molecule has 1 amide bonds. The molecule has 2 N–H and O–H groups in total. The molecular formula is C26H28N2O5. The Kier molecular flexibility index (Phi) is 9.15. The van der Waals surface area contributed by atoms with Crippen molar-refractivity contribution >= 4 is 23.3 Å². The van der Waals surface area contributed by atoms with Gasteiger partial charge in [0, 0.05) is 5.69 Å². The van der Waals surface area contributed by atoms with Crippen LogP contribution in [0.5, 0.6) is 11.5 Å². The van der Waals surface area contributed by atoms with E-state index in [0.29, 0.717) is 36.8 Å². The van der Waals surface area contributed by atoms with Crippen molar-refractivity contribution in [1.82, 2.24) is 0 Å². The molecule has 0 aliphatic carbocycles. The summed E-state index contributed by atoms with van der Waals surface area (Å²) in [6, 6.07) is 23.5. The van der Waals surface area contributed by atoms with Crippen LogP contribution in [0.1, 0.15) is 23.7 Å². The molecule has 33 heavy (non-hydrogen) atoms. The first-order chi connectivity index (χ1) is 16.2. The zero-order valence-corrected chi connectivity index (χ0v) is 18.6. The van der Waals surface area contributed by atoms with Gasteiger partial charge in [-0.25, -0.2) is 4.79 Å². The number of benzene rings is 3. The number of amides is 1. The van der Waals surface area contributed by atoms with E-state index in [4.69, 9.17) is 14.2 Å². The summed E-state index contributed by atoms with van der Waals surface area (Å²) in [4.78, 5) is 24.3. The van der Waals surface area contributed by atoms with Crippen molar-refractivity contribution in [2.24, 2.45) is 0 Å². The maximum absolute atomic E-state index is 12.4. The number of para-hydroxylation sites is 3. The highest BCUT2D eigenvalue weighted by Crippen LogP contribution is 2.23. The van der Waals surface area contributed by atoms with Crippen molar-refractivity contribution in [3.63, 3.8) is 0 Å². The van der Waals surface area contributed by atoms with Crippen LogP contribution in [-0.2, 0) is 9.53 Å². The fraction of sp³-hybridized carbons (Fsp3) is 0.231. The minimum absolute atomic E-state index is 0.0606. The molecule has 0 spiro atoms. The van der Waals surface area contributed by atoms with Gasteiger partial charge in [0.2, 0.25) is 5.91 Å². The molecule has 0 aromatic heterocycles. The Hall–Kier alpha value is -4.00. The third kappa shape index (κ3) is 7.88. The molecule has 3 aromatic carbocycles. The van der Waals surface area contributed by atoms with E-state index >= 15 is 0 Å². The zero-order valence-electron chi connectivity index (χ0n) is 18.6. The van der Waals surface area contributed by atoms with Crippen molar-refractivity contribution in [2.45, 2.75) is 13.3 Å². The van der Waals surface area contributed by atoms with Crippen LogP contribution < -0.4 is 20.1 Å². The third-order valence-corrected chi connectivity index (χ3v) is 4.52. The lowest BCUT2D eigenvalue weighted by Gasteiger charge is -2.13. The van der Waals surface area contributed by atoms with E-state index in [9.17, 15) is 9.59 Å². The van der Waals surface area contributed by atoms with Gasteiger partial charge in [0.05, 0.1) is 24.4 Å². The summed E-state index contributed by atoms with van der Waals surface area (Å²) in [5.74, 6) is 0.766. The molecule has 0 aliphatic heterocycles. The lowest BCUT2D eigenvalue weighted by atomic mass is 10.2. The normalized spacial score (nSPS) is 10.2. The number of esters is 1. The Labute approximate surface area is 193 Å². The standard InChI is InChI=1S/C26H28N2O5/c1-2-16-33-26(30)20-12-14-21(15-13-20)27-19-25(29)28-23-10-6-7-11-24(23)32-18-17-31-22-8-4-3-5-9-22/h3-15,27H,2,16-19H2,1H3,(H,28,29). The second-order valence-corrected chi connectivity index (χ2v) is 7.12. The molecule has 0 saturated heterocycles. The topological polar surface area (TPSA) is 85.9 Å². The molecule has 0 saturated carbocycles. The van der Waals surface area contributed by atoms with E-state index in [1.54, 1.807) is 36.4 Å². The van der Waals surface area contributed by atoms with Crippen LogP contribution in [0, 0.1) is 0 Å². The van der Waals surface area contributed by atoms with Crippen molar-refractivity contribution in [3.05, 3.63) is 84.4 Å². The molecule has 0 bridgehead atoms. The maximum atomic E-state index is 12.4. The average Bonchev–Trinajstić information content (AvgIpc) is 2.86. The number of rotatable bonds is 12. The second-order valence-electron chi connectivity index (χ2n) is 7.12. The highest BCUT2D eigenvalue weighted by molar-refractivity contribution is 5.95. The number of hydrogen-bond acceptors (Lipinski definition) is 6. The van der Waals surface area contributed by atoms with Crippen LogP contribution in [0.15, 0.2) is 78.9 Å². The van der Waals surface area contributed by atoms with Crippen LogP contribution in [-0.4, -0.2) is 38.2 Å². The fourth-order valence-corrected chi connectivity index (χ4v) is 2.90. The van der Waals surface area contributed by atoms with Crippen molar-refractivity contribution in [1.29, 1.82) is 0 Å². The molecule has 7 heteroatoms. The minimum Gasteiger partial charge on any atom is -0.490 e. The second kappa shape index (κ2) is 12.8. The van der Waals surface area contributed by atoms with Crippen molar-refractivity contribution in [3.8, 4) is 11.5 Å². The van der Waals surface area contributed by atoms with Gasteiger partial charge in [0.25, 0.3) is 0 Å². The van der Waals surface area contributed by atoms with Gasteiger partial charge in [-0.05, 0) is 55.0 Å². The summed E-state index contributed by atoms with van der Waals surface area (Å²) in [5.41, 5.74) is 1.78.